The number of carbonyl (C=O) groups is 2. The number of carbonyl (C=O) groups excluding carboxylic acids is 2. The van der Waals surface area contributed by atoms with Crippen molar-refractivity contribution in [2.75, 3.05) is 11.4 Å². The zero-order chi connectivity index (χ0) is 17.3. The van der Waals surface area contributed by atoms with E-state index in [0.29, 0.717) is 13.1 Å². The summed E-state index contributed by atoms with van der Waals surface area (Å²) in [6.45, 7) is 4.78. The molecule has 1 aromatic carbocycles. The first-order valence-electron chi connectivity index (χ1n) is 7.70. The van der Waals surface area contributed by atoms with Crippen LogP contribution in [0.3, 0.4) is 0 Å². The van der Waals surface area contributed by atoms with Gasteiger partial charge in [0.2, 0.25) is 11.8 Å². The summed E-state index contributed by atoms with van der Waals surface area (Å²) in [6.07, 6.45) is 0.249. The van der Waals surface area contributed by atoms with Gasteiger partial charge in [0.05, 0.1) is 23.2 Å². The van der Waals surface area contributed by atoms with Gasteiger partial charge in [-0.2, -0.15) is 0 Å². The van der Waals surface area contributed by atoms with Crippen LogP contribution in [-0.2, 0) is 16.1 Å². The van der Waals surface area contributed by atoms with E-state index in [1.165, 1.54) is 0 Å². The Kier molecular flexibility index (Phi) is 5.01. The molecule has 1 aromatic heterocycles. The lowest BCUT2D eigenvalue weighted by atomic mass is 10.1. The second kappa shape index (κ2) is 7.03. The summed E-state index contributed by atoms with van der Waals surface area (Å²) < 4.78 is 0.914. The van der Waals surface area contributed by atoms with E-state index in [1.54, 1.807) is 16.2 Å². The van der Waals surface area contributed by atoms with Crippen molar-refractivity contribution >= 4 is 44.8 Å². The molecule has 1 aliphatic rings. The molecule has 0 aliphatic carbocycles. The third-order valence-electron chi connectivity index (χ3n) is 4.04. The summed E-state index contributed by atoms with van der Waals surface area (Å²) >= 11 is 5.00. The Morgan fingerprint density at radius 1 is 1.46 bits per heavy atom. The predicted octanol–water partition coefficient (Wildman–Crippen LogP) is 3.19. The van der Waals surface area contributed by atoms with Gasteiger partial charge in [-0.1, -0.05) is 22.0 Å². The molecule has 126 valence electrons. The van der Waals surface area contributed by atoms with Crippen molar-refractivity contribution in [3.8, 4) is 0 Å². The van der Waals surface area contributed by atoms with E-state index in [2.05, 4.69) is 26.2 Å². The summed E-state index contributed by atoms with van der Waals surface area (Å²) in [4.78, 5) is 31.8. The van der Waals surface area contributed by atoms with Gasteiger partial charge >= 0.3 is 0 Å². The normalized spacial score (nSPS) is 17.4. The fourth-order valence-electron chi connectivity index (χ4n) is 2.83. The van der Waals surface area contributed by atoms with Crippen LogP contribution in [-0.4, -0.2) is 23.3 Å². The van der Waals surface area contributed by atoms with Crippen LogP contribution in [0.4, 0.5) is 5.69 Å². The maximum absolute atomic E-state index is 12.4. The van der Waals surface area contributed by atoms with Crippen LogP contribution < -0.4 is 10.2 Å². The van der Waals surface area contributed by atoms with Crippen molar-refractivity contribution in [2.24, 2.45) is 5.92 Å². The number of thiazole rings is 1. The van der Waals surface area contributed by atoms with E-state index in [4.69, 9.17) is 0 Å². The number of nitrogens with one attached hydrogen (secondary N) is 1. The summed E-state index contributed by atoms with van der Waals surface area (Å²) in [7, 11) is 0. The van der Waals surface area contributed by atoms with Crippen LogP contribution in [0.2, 0.25) is 0 Å². The van der Waals surface area contributed by atoms with Gasteiger partial charge in [-0.3, -0.25) is 9.59 Å². The number of benzene rings is 1. The molecule has 1 unspecified atom stereocenters. The van der Waals surface area contributed by atoms with E-state index in [0.717, 1.165) is 25.7 Å². The highest BCUT2D eigenvalue weighted by molar-refractivity contribution is 9.10. The minimum atomic E-state index is -0.314. The Bertz CT molecular complexity index is 790. The molecule has 3 rings (SSSR count). The highest BCUT2D eigenvalue weighted by Gasteiger charge is 2.35. The number of aryl methyl sites for hydroxylation is 2. The molecule has 0 spiro atoms. The highest BCUT2D eigenvalue weighted by atomic mass is 79.9. The van der Waals surface area contributed by atoms with E-state index in [1.807, 2.05) is 38.1 Å². The topological polar surface area (TPSA) is 62.3 Å². The fourth-order valence-corrected chi connectivity index (χ4v) is 4.09. The van der Waals surface area contributed by atoms with Gasteiger partial charge in [-0.05, 0) is 32.0 Å². The van der Waals surface area contributed by atoms with Crippen LogP contribution in [0, 0.1) is 19.8 Å². The molecule has 24 heavy (non-hydrogen) atoms. The lowest BCUT2D eigenvalue weighted by Crippen LogP contribution is -2.32. The van der Waals surface area contributed by atoms with Gasteiger partial charge in [-0.25, -0.2) is 4.98 Å². The number of anilines is 1. The minimum Gasteiger partial charge on any atom is -0.351 e. The van der Waals surface area contributed by atoms with Crippen LogP contribution in [0.15, 0.2) is 28.7 Å². The predicted molar refractivity (Wildman–Crippen MR) is 98.0 cm³/mol. The molecule has 1 N–H and O–H groups in total. The van der Waals surface area contributed by atoms with Crippen molar-refractivity contribution in [1.29, 1.82) is 0 Å². The number of halogens is 1. The summed E-state index contributed by atoms with van der Waals surface area (Å²) in [5.41, 5.74) is 1.77. The fraction of sp³-hybridized carbons (Fsp3) is 0.353. The molecular formula is C17H18BrN3O2S. The standard InChI is InChI=1S/C17H18BrN3O2S/c1-10-15(24-11(2)20-10)8-19-17(23)12-6-16(22)21(9-12)14-5-3-4-13(18)7-14/h3-5,7,12H,6,8-9H2,1-2H3,(H,19,23). The molecule has 0 saturated carbocycles. The number of rotatable bonds is 4. The van der Waals surface area contributed by atoms with Crippen molar-refractivity contribution < 1.29 is 9.59 Å². The molecule has 1 aliphatic heterocycles. The largest absolute Gasteiger partial charge is 0.351 e. The summed E-state index contributed by atoms with van der Waals surface area (Å²) in [6, 6.07) is 7.57. The summed E-state index contributed by atoms with van der Waals surface area (Å²) in [5.74, 6) is -0.407. The third kappa shape index (κ3) is 3.67. The van der Waals surface area contributed by atoms with Crippen LogP contribution >= 0.6 is 27.3 Å². The Labute approximate surface area is 153 Å². The Morgan fingerprint density at radius 2 is 2.25 bits per heavy atom. The van der Waals surface area contributed by atoms with Gasteiger partial charge in [0, 0.05) is 28.0 Å². The van der Waals surface area contributed by atoms with Crippen molar-refractivity contribution in [1.82, 2.24) is 10.3 Å². The first kappa shape index (κ1) is 17.1. The van der Waals surface area contributed by atoms with E-state index in [-0.39, 0.29) is 24.2 Å². The molecular weight excluding hydrogens is 390 g/mol. The third-order valence-corrected chi connectivity index (χ3v) is 5.60. The first-order valence-corrected chi connectivity index (χ1v) is 9.31. The lowest BCUT2D eigenvalue weighted by Gasteiger charge is -2.17. The number of amides is 2. The summed E-state index contributed by atoms with van der Waals surface area (Å²) in [5, 5.41) is 3.94. The molecule has 1 fully saturated rings. The maximum atomic E-state index is 12.4. The zero-order valence-corrected chi connectivity index (χ0v) is 15.9. The van der Waals surface area contributed by atoms with Gasteiger partial charge in [-0.15, -0.1) is 11.3 Å². The van der Waals surface area contributed by atoms with Crippen molar-refractivity contribution in [3.05, 3.63) is 44.3 Å². The maximum Gasteiger partial charge on any atom is 0.227 e. The molecule has 2 heterocycles. The second-order valence-corrected chi connectivity index (χ2v) is 8.05. The average molecular weight is 408 g/mol. The van der Waals surface area contributed by atoms with Crippen LogP contribution in [0.25, 0.3) is 0 Å². The molecule has 1 saturated heterocycles. The van der Waals surface area contributed by atoms with Gasteiger partial charge in [0.25, 0.3) is 0 Å². The first-order chi connectivity index (χ1) is 11.4. The van der Waals surface area contributed by atoms with Gasteiger partial charge in [0.1, 0.15) is 0 Å². The van der Waals surface area contributed by atoms with Crippen molar-refractivity contribution in [2.45, 2.75) is 26.8 Å². The molecule has 5 nitrogen and oxygen atoms in total. The second-order valence-electron chi connectivity index (χ2n) is 5.84. The zero-order valence-electron chi connectivity index (χ0n) is 13.5. The molecule has 2 aromatic rings. The number of aromatic nitrogens is 1. The molecule has 1 atom stereocenters. The Hall–Kier alpha value is -1.73. The quantitative estimate of drug-likeness (QED) is 0.846. The van der Waals surface area contributed by atoms with E-state index >= 15 is 0 Å². The van der Waals surface area contributed by atoms with E-state index < -0.39 is 0 Å². The van der Waals surface area contributed by atoms with Gasteiger partial charge in [0.15, 0.2) is 0 Å². The monoisotopic (exact) mass is 407 g/mol. The Balaban J connectivity index is 1.62. The van der Waals surface area contributed by atoms with Crippen LogP contribution in [0.1, 0.15) is 22.0 Å². The number of nitrogens with zero attached hydrogens (tertiary/aromatic N) is 2. The average Bonchev–Trinajstić information content (AvgIpc) is 3.07. The highest BCUT2D eigenvalue weighted by Crippen LogP contribution is 2.27. The SMILES string of the molecule is Cc1nc(C)c(CNC(=O)C2CC(=O)N(c3cccc(Br)c3)C2)s1. The molecule has 7 heteroatoms. The minimum absolute atomic E-state index is 0.0157. The number of hydrogen-bond donors (Lipinski definition) is 1. The number of hydrogen-bond acceptors (Lipinski definition) is 4. The molecule has 0 bridgehead atoms. The van der Waals surface area contributed by atoms with Crippen molar-refractivity contribution in [3.63, 3.8) is 0 Å². The Morgan fingerprint density at radius 3 is 2.92 bits per heavy atom. The molecule has 0 radical (unpaired) electrons. The van der Waals surface area contributed by atoms with E-state index in [9.17, 15) is 9.59 Å². The van der Waals surface area contributed by atoms with Gasteiger partial charge < -0.3 is 10.2 Å². The smallest absolute Gasteiger partial charge is 0.227 e. The molecule has 2 amide bonds. The lowest BCUT2D eigenvalue weighted by molar-refractivity contribution is -0.126. The van der Waals surface area contributed by atoms with Crippen LogP contribution in [0.5, 0.6) is 0 Å².